The minimum atomic E-state index is -0.303. The zero-order valence-electron chi connectivity index (χ0n) is 18.1. The van der Waals surface area contributed by atoms with Gasteiger partial charge in [-0.25, -0.2) is 4.98 Å². The quantitative estimate of drug-likeness (QED) is 0.353. The summed E-state index contributed by atoms with van der Waals surface area (Å²) in [6.07, 6.45) is 3.32. The first kappa shape index (κ1) is 21.6. The molecule has 0 bridgehead atoms. The Morgan fingerprint density at radius 1 is 1.18 bits per heavy atom. The number of anilines is 2. The van der Waals surface area contributed by atoms with Gasteiger partial charge in [0.1, 0.15) is 17.6 Å². The molecule has 2 aromatic carbocycles. The molecular formula is C25H23BrN4O3. The van der Waals surface area contributed by atoms with Crippen LogP contribution in [0.3, 0.4) is 0 Å². The Kier molecular flexibility index (Phi) is 6.11. The van der Waals surface area contributed by atoms with Gasteiger partial charge in [-0.1, -0.05) is 15.9 Å². The summed E-state index contributed by atoms with van der Waals surface area (Å²) in [4.78, 5) is 21.4. The molecule has 0 radical (unpaired) electrons. The second-order valence-corrected chi connectivity index (χ2v) is 8.92. The first-order chi connectivity index (χ1) is 16.0. The molecule has 0 aliphatic carbocycles. The molecule has 1 aliphatic heterocycles. The average molecular weight is 507 g/mol. The number of carbonyl (C=O) groups is 1. The van der Waals surface area contributed by atoms with Crippen LogP contribution in [0.4, 0.5) is 11.6 Å². The third-order valence-electron chi connectivity index (χ3n) is 5.62. The lowest BCUT2D eigenvalue weighted by molar-refractivity contribution is -0.127. The second-order valence-electron chi connectivity index (χ2n) is 8.01. The summed E-state index contributed by atoms with van der Waals surface area (Å²) in [6, 6.07) is 17.3. The van der Waals surface area contributed by atoms with Crippen molar-refractivity contribution in [1.82, 2.24) is 14.5 Å². The van der Waals surface area contributed by atoms with Gasteiger partial charge in [-0.3, -0.25) is 9.78 Å². The smallest absolute Gasteiger partial charge is 0.208 e. The van der Waals surface area contributed by atoms with Gasteiger partial charge in [0, 0.05) is 42.1 Å². The maximum atomic E-state index is 12.4. The fraction of sp³-hybridized carbons (Fsp3) is 0.240. The Balaban J connectivity index is 1.32. The van der Waals surface area contributed by atoms with E-state index in [-0.39, 0.29) is 18.3 Å². The van der Waals surface area contributed by atoms with Crippen molar-refractivity contribution in [2.45, 2.75) is 25.4 Å². The minimum absolute atomic E-state index is 0.0675. The molecule has 2 aromatic heterocycles. The van der Waals surface area contributed by atoms with Gasteiger partial charge in [-0.2, -0.15) is 0 Å². The Morgan fingerprint density at radius 2 is 2.00 bits per heavy atom. The van der Waals surface area contributed by atoms with E-state index in [0.717, 1.165) is 40.0 Å². The van der Waals surface area contributed by atoms with Crippen LogP contribution in [0.5, 0.6) is 11.5 Å². The molecular weight excluding hydrogens is 484 g/mol. The lowest BCUT2D eigenvalue weighted by Gasteiger charge is -2.09. The third-order valence-corrected chi connectivity index (χ3v) is 6.15. The average Bonchev–Trinajstić information content (AvgIpc) is 3.45. The summed E-state index contributed by atoms with van der Waals surface area (Å²) in [5.74, 6) is 2.10. The number of carbonyl (C=O) groups excluding carboxylic acids is 1. The normalized spacial score (nSPS) is 15.6. The Hall–Kier alpha value is -3.23. The number of nitrogens with one attached hydrogen (secondary N) is 1. The first-order valence-electron chi connectivity index (χ1n) is 10.8. The standard InChI is InChI=1S/C25H23BrN4O3/c1-30-22-9-8-19(15-21(22)29-25(30)28-17-6-4-16(26)5-7-17)33-20-10-11-27-18(13-20)14-23(31)24-3-2-12-32-24/h4-11,13,15,24H,2-3,12,14H2,1H3,(H,28,29). The third kappa shape index (κ3) is 4.91. The summed E-state index contributed by atoms with van der Waals surface area (Å²) >= 11 is 3.45. The number of halogens is 1. The van der Waals surface area contributed by atoms with E-state index in [9.17, 15) is 4.79 Å². The van der Waals surface area contributed by atoms with E-state index in [1.807, 2.05) is 54.1 Å². The van der Waals surface area contributed by atoms with Gasteiger partial charge in [-0.05, 0) is 55.3 Å². The molecule has 3 heterocycles. The van der Waals surface area contributed by atoms with Crippen molar-refractivity contribution < 1.29 is 14.3 Å². The van der Waals surface area contributed by atoms with Gasteiger partial charge in [0.05, 0.1) is 23.1 Å². The molecule has 1 saturated heterocycles. The monoisotopic (exact) mass is 506 g/mol. The fourth-order valence-corrected chi connectivity index (χ4v) is 4.16. The van der Waals surface area contributed by atoms with E-state index in [4.69, 9.17) is 14.5 Å². The van der Waals surface area contributed by atoms with Gasteiger partial charge in [0.2, 0.25) is 5.95 Å². The van der Waals surface area contributed by atoms with Crippen molar-refractivity contribution in [3.8, 4) is 11.5 Å². The highest BCUT2D eigenvalue weighted by Crippen LogP contribution is 2.28. The first-order valence-corrected chi connectivity index (χ1v) is 11.6. The summed E-state index contributed by atoms with van der Waals surface area (Å²) in [5.41, 5.74) is 3.43. The van der Waals surface area contributed by atoms with Gasteiger partial charge >= 0.3 is 0 Å². The van der Waals surface area contributed by atoms with Crippen LogP contribution in [0, 0.1) is 0 Å². The molecule has 1 unspecified atom stereocenters. The van der Waals surface area contributed by atoms with E-state index in [1.165, 1.54) is 0 Å². The van der Waals surface area contributed by atoms with Crippen LogP contribution in [-0.4, -0.2) is 33.0 Å². The number of imidazole rings is 1. The number of rotatable bonds is 7. The molecule has 1 N–H and O–H groups in total. The highest BCUT2D eigenvalue weighted by Gasteiger charge is 2.23. The molecule has 5 rings (SSSR count). The van der Waals surface area contributed by atoms with Gasteiger partial charge in [0.25, 0.3) is 0 Å². The van der Waals surface area contributed by atoms with Gasteiger partial charge < -0.3 is 19.4 Å². The highest BCUT2D eigenvalue weighted by molar-refractivity contribution is 9.10. The van der Waals surface area contributed by atoms with E-state index >= 15 is 0 Å². The van der Waals surface area contributed by atoms with Crippen molar-refractivity contribution in [1.29, 1.82) is 0 Å². The fourth-order valence-electron chi connectivity index (χ4n) is 3.89. The summed E-state index contributed by atoms with van der Waals surface area (Å²) in [5, 5.41) is 3.35. The van der Waals surface area contributed by atoms with Crippen molar-refractivity contribution in [2.24, 2.45) is 7.05 Å². The zero-order valence-corrected chi connectivity index (χ0v) is 19.7. The number of hydrogen-bond donors (Lipinski definition) is 1. The molecule has 168 valence electrons. The number of Topliss-reactive ketones (excluding diaryl/α,β-unsaturated/α-hetero) is 1. The largest absolute Gasteiger partial charge is 0.457 e. The van der Waals surface area contributed by atoms with E-state index < -0.39 is 0 Å². The van der Waals surface area contributed by atoms with Crippen LogP contribution in [-0.2, 0) is 23.0 Å². The molecule has 8 heteroatoms. The molecule has 1 fully saturated rings. The molecule has 1 atom stereocenters. The van der Waals surface area contributed by atoms with Crippen LogP contribution in [0.1, 0.15) is 18.5 Å². The Labute approximate surface area is 199 Å². The molecule has 0 amide bonds. The number of ketones is 1. The van der Waals surface area contributed by atoms with E-state index in [0.29, 0.717) is 23.8 Å². The summed E-state index contributed by atoms with van der Waals surface area (Å²) < 4.78 is 14.6. The minimum Gasteiger partial charge on any atom is -0.457 e. The van der Waals surface area contributed by atoms with Crippen LogP contribution in [0.2, 0.25) is 0 Å². The molecule has 0 saturated carbocycles. The van der Waals surface area contributed by atoms with Crippen molar-refractivity contribution >= 4 is 44.4 Å². The second kappa shape index (κ2) is 9.33. The number of ether oxygens (including phenoxy) is 2. The van der Waals surface area contributed by atoms with Crippen LogP contribution >= 0.6 is 15.9 Å². The number of aryl methyl sites for hydroxylation is 1. The number of aromatic nitrogens is 3. The topological polar surface area (TPSA) is 78.3 Å². The van der Waals surface area contributed by atoms with Gasteiger partial charge in [0.15, 0.2) is 5.78 Å². The SMILES string of the molecule is Cn1c(Nc2ccc(Br)cc2)nc2cc(Oc3ccnc(CC(=O)C4CCCO4)c3)ccc21. The van der Waals surface area contributed by atoms with E-state index in [2.05, 4.69) is 26.2 Å². The van der Waals surface area contributed by atoms with Gasteiger partial charge in [-0.15, -0.1) is 0 Å². The van der Waals surface area contributed by atoms with Crippen LogP contribution in [0.25, 0.3) is 11.0 Å². The number of fused-ring (bicyclic) bond motifs is 1. The molecule has 0 spiro atoms. The maximum absolute atomic E-state index is 12.4. The highest BCUT2D eigenvalue weighted by atomic mass is 79.9. The van der Waals surface area contributed by atoms with Crippen LogP contribution in [0.15, 0.2) is 65.3 Å². The Bertz CT molecular complexity index is 1300. The molecule has 4 aromatic rings. The lowest BCUT2D eigenvalue weighted by Crippen LogP contribution is -2.21. The molecule has 7 nitrogen and oxygen atoms in total. The zero-order chi connectivity index (χ0) is 22.8. The number of benzene rings is 2. The van der Waals surface area contributed by atoms with Crippen molar-refractivity contribution in [3.05, 3.63) is 71.0 Å². The summed E-state index contributed by atoms with van der Waals surface area (Å²) in [6.45, 7) is 0.656. The molecule has 1 aliphatic rings. The maximum Gasteiger partial charge on any atom is 0.208 e. The predicted molar refractivity (Wildman–Crippen MR) is 130 cm³/mol. The predicted octanol–water partition coefficient (Wildman–Crippen LogP) is 5.56. The lowest BCUT2D eigenvalue weighted by atomic mass is 10.1. The van der Waals surface area contributed by atoms with Crippen molar-refractivity contribution in [3.63, 3.8) is 0 Å². The van der Waals surface area contributed by atoms with E-state index in [1.54, 1.807) is 18.3 Å². The van der Waals surface area contributed by atoms with Crippen molar-refractivity contribution in [2.75, 3.05) is 11.9 Å². The number of pyridine rings is 1. The Morgan fingerprint density at radius 3 is 2.79 bits per heavy atom. The summed E-state index contributed by atoms with van der Waals surface area (Å²) in [7, 11) is 1.97. The molecule has 33 heavy (non-hydrogen) atoms. The number of hydrogen-bond acceptors (Lipinski definition) is 6. The van der Waals surface area contributed by atoms with Crippen LogP contribution < -0.4 is 10.1 Å². The number of nitrogens with zero attached hydrogens (tertiary/aromatic N) is 3.